The Hall–Kier alpha value is -2.64. The lowest BCUT2D eigenvalue weighted by atomic mass is 10.2. The average Bonchev–Trinajstić information content (AvgIpc) is 3.40. The smallest absolute Gasteiger partial charge is 0.191 e. The van der Waals surface area contributed by atoms with Gasteiger partial charge in [-0.05, 0) is 30.2 Å². The average molecular weight is 437 g/mol. The Morgan fingerprint density at radius 1 is 1.00 bits per heavy atom. The maximum absolute atomic E-state index is 5.27. The van der Waals surface area contributed by atoms with E-state index in [9.17, 15) is 0 Å². The van der Waals surface area contributed by atoms with Crippen LogP contribution in [0.1, 0.15) is 19.5 Å². The number of rotatable bonds is 8. The van der Waals surface area contributed by atoms with E-state index in [2.05, 4.69) is 46.1 Å². The van der Waals surface area contributed by atoms with E-state index >= 15 is 0 Å². The van der Waals surface area contributed by atoms with Gasteiger partial charge in [-0.25, -0.2) is 4.98 Å². The fraction of sp³-hybridized carbons (Fsp3) is 0.261. The summed E-state index contributed by atoms with van der Waals surface area (Å²) in [5.74, 6) is 2.97. The molecule has 2 aromatic carbocycles. The lowest BCUT2D eigenvalue weighted by Crippen LogP contribution is -2.08. The number of ether oxygens (including phenoxy) is 1. The minimum atomic E-state index is 0.487. The summed E-state index contributed by atoms with van der Waals surface area (Å²) in [7, 11) is 1.67. The van der Waals surface area contributed by atoms with Gasteiger partial charge in [0.1, 0.15) is 10.8 Å². The molecule has 30 heavy (non-hydrogen) atoms. The highest BCUT2D eigenvalue weighted by Crippen LogP contribution is 2.30. The predicted molar refractivity (Wildman–Crippen MR) is 124 cm³/mol. The molecule has 0 atom stereocenters. The molecule has 0 aliphatic carbocycles. The first-order valence-electron chi connectivity index (χ1n) is 9.84. The van der Waals surface area contributed by atoms with Crippen molar-refractivity contribution in [1.82, 2.24) is 19.7 Å². The molecule has 0 fully saturated rings. The Labute approximate surface area is 185 Å². The molecule has 0 N–H and O–H groups in total. The van der Waals surface area contributed by atoms with Crippen LogP contribution >= 0.6 is 23.1 Å². The highest BCUT2D eigenvalue weighted by molar-refractivity contribution is 7.98. The van der Waals surface area contributed by atoms with Gasteiger partial charge in [0.15, 0.2) is 11.0 Å². The number of benzene rings is 2. The van der Waals surface area contributed by atoms with Crippen LogP contribution in [0.5, 0.6) is 5.75 Å². The normalized spacial score (nSPS) is 11.2. The summed E-state index contributed by atoms with van der Waals surface area (Å²) < 4.78 is 7.48. The summed E-state index contributed by atoms with van der Waals surface area (Å²) in [5.41, 5.74) is 3.26. The van der Waals surface area contributed by atoms with Gasteiger partial charge in [-0.3, -0.25) is 0 Å². The molecule has 4 rings (SSSR count). The van der Waals surface area contributed by atoms with E-state index in [-0.39, 0.29) is 0 Å². The first-order valence-corrected chi connectivity index (χ1v) is 11.7. The van der Waals surface area contributed by atoms with E-state index in [1.54, 1.807) is 30.2 Å². The second-order valence-electron chi connectivity index (χ2n) is 7.34. The topological polar surface area (TPSA) is 52.8 Å². The Bertz CT molecular complexity index is 1090. The highest BCUT2D eigenvalue weighted by atomic mass is 32.2. The van der Waals surface area contributed by atoms with E-state index in [1.165, 1.54) is 0 Å². The standard InChI is InChI=1S/C23H24N4OS2/c1-16(2)13-27-21(17-9-11-20(28-3)12-10-17)25-26-23(27)30-15-19-14-29-22(24-19)18-7-5-4-6-8-18/h4-12,14,16H,13,15H2,1-3H3. The molecule has 0 unspecified atom stereocenters. The van der Waals surface area contributed by atoms with Gasteiger partial charge in [-0.1, -0.05) is 55.9 Å². The minimum Gasteiger partial charge on any atom is -0.497 e. The number of aromatic nitrogens is 4. The van der Waals surface area contributed by atoms with Crippen molar-refractivity contribution in [3.8, 4) is 27.7 Å². The molecule has 0 spiro atoms. The van der Waals surface area contributed by atoms with Crippen molar-refractivity contribution >= 4 is 23.1 Å². The Kier molecular flexibility index (Phi) is 6.50. The molecule has 7 heteroatoms. The maximum atomic E-state index is 5.27. The SMILES string of the molecule is COc1ccc(-c2nnc(SCc3csc(-c4ccccc4)n3)n2CC(C)C)cc1. The molecule has 0 radical (unpaired) electrons. The minimum absolute atomic E-state index is 0.487. The van der Waals surface area contributed by atoms with Crippen molar-refractivity contribution in [3.63, 3.8) is 0 Å². The summed E-state index contributed by atoms with van der Waals surface area (Å²) >= 11 is 3.36. The highest BCUT2D eigenvalue weighted by Gasteiger charge is 2.16. The zero-order valence-corrected chi connectivity index (χ0v) is 18.9. The summed E-state index contributed by atoms with van der Waals surface area (Å²) in [6.45, 7) is 5.28. The molecule has 0 aliphatic rings. The molecule has 2 heterocycles. The first kappa shape index (κ1) is 20.6. The molecule has 2 aromatic heterocycles. The van der Waals surface area contributed by atoms with Gasteiger partial charge in [0.2, 0.25) is 0 Å². The lowest BCUT2D eigenvalue weighted by Gasteiger charge is -2.12. The molecule has 0 saturated heterocycles. The summed E-state index contributed by atoms with van der Waals surface area (Å²) in [5, 5.41) is 13.1. The van der Waals surface area contributed by atoms with Crippen molar-refractivity contribution in [3.05, 3.63) is 65.7 Å². The fourth-order valence-corrected chi connectivity index (χ4v) is 4.88. The number of hydrogen-bond donors (Lipinski definition) is 0. The van der Waals surface area contributed by atoms with Crippen molar-refractivity contribution in [2.45, 2.75) is 31.3 Å². The molecule has 4 aromatic rings. The fourth-order valence-electron chi connectivity index (χ4n) is 3.10. The van der Waals surface area contributed by atoms with Gasteiger partial charge in [0.25, 0.3) is 0 Å². The number of thiazole rings is 1. The summed E-state index contributed by atoms with van der Waals surface area (Å²) in [6.07, 6.45) is 0. The molecule has 0 amide bonds. The second-order valence-corrected chi connectivity index (χ2v) is 9.14. The summed E-state index contributed by atoms with van der Waals surface area (Å²) in [6, 6.07) is 18.3. The number of nitrogens with zero attached hydrogens (tertiary/aromatic N) is 4. The van der Waals surface area contributed by atoms with Crippen molar-refractivity contribution in [1.29, 1.82) is 0 Å². The maximum Gasteiger partial charge on any atom is 0.191 e. The quantitative estimate of drug-likeness (QED) is 0.316. The van der Waals surface area contributed by atoms with E-state index in [1.807, 2.05) is 42.5 Å². The van der Waals surface area contributed by atoms with E-state index < -0.39 is 0 Å². The largest absolute Gasteiger partial charge is 0.497 e. The van der Waals surface area contributed by atoms with E-state index in [0.29, 0.717) is 5.92 Å². The molecule has 0 bridgehead atoms. The van der Waals surface area contributed by atoms with Crippen molar-refractivity contribution in [2.24, 2.45) is 5.92 Å². The van der Waals surface area contributed by atoms with Crippen molar-refractivity contribution < 1.29 is 4.74 Å². The van der Waals surface area contributed by atoms with Gasteiger partial charge in [-0.15, -0.1) is 21.5 Å². The van der Waals surface area contributed by atoms with Crippen molar-refractivity contribution in [2.75, 3.05) is 7.11 Å². The zero-order chi connectivity index (χ0) is 20.9. The van der Waals surface area contributed by atoms with E-state index in [0.717, 1.165) is 50.9 Å². The lowest BCUT2D eigenvalue weighted by molar-refractivity contribution is 0.415. The van der Waals surface area contributed by atoms with Crippen LogP contribution in [0, 0.1) is 5.92 Å². The predicted octanol–water partition coefficient (Wildman–Crippen LogP) is 6.03. The van der Waals surface area contributed by atoms with Gasteiger partial charge in [0.05, 0.1) is 12.8 Å². The zero-order valence-electron chi connectivity index (χ0n) is 17.3. The molecule has 154 valence electrons. The first-order chi connectivity index (χ1) is 14.6. The summed E-state index contributed by atoms with van der Waals surface area (Å²) in [4.78, 5) is 4.80. The third-order valence-electron chi connectivity index (χ3n) is 4.53. The van der Waals surface area contributed by atoms with Gasteiger partial charge >= 0.3 is 0 Å². The monoisotopic (exact) mass is 436 g/mol. The van der Waals surface area contributed by atoms with Crippen LogP contribution in [0.4, 0.5) is 0 Å². The third kappa shape index (κ3) is 4.74. The molecule has 0 saturated carbocycles. The Morgan fingerprint density at radius 3 is 2.47 bits per heavy atom. The van der Waals surface area contributed by atoms with E-state index in [4.69, 9.17) is 9.72 Å². The van der Waals surface area contributed by atoms with Crippen LogP contribution in [0.25, 0.3) is 22.0 Å². The molecule has 0 aliphatic heterocycles. The number of thioether (sulfide) groups is 1. The van der Waals surface area contributed by atoms with Gasteiger partial charge in [-0.2, -0.15) is 0 Å². The van der Waals surface area contributed by atoms with Crippen LogP contribution in [-0.4, -0.2) is 26.9 Å². The molecule has 5 nitrogen and oxygen atoms in total. The van der Waals surface area contributed by atoms with Crippen LogP contribution in [0.3, 0.4) is 0 Å². The van der Waals surface area contributed by atoms with Crippen LogP contribution < -0.4 is 4.74 Å². The number of hydrogen-bond acceptors (Lipinski definition) is 6. The second kappa shape index (κ2) is 9.45. The third-order valence-corrected chi connectivity index (χ3v) is 6.47. The number of methoxy groups -OCH3 is 1. The molecular weight excluding hydrogens is 412 g/mol. The molecular formula is C23H24N4OS2. The van der Waals surface area contributed by atoms with Crippen LogP contribution in [-0.2, 0) is 12.3 Å². The van der Waals surface area contributed by atoms with Gasteiger partial charge < -0.3 is 9.30 Å². The van der Waals surface area contributed by atoms with Crippen LogP contribution in [0.2, 0.25) is 0 Å². The van der Waals surface area contributed by atoms with Gasteiger partial charge in [0, 0.05) is 28.8 Å². The van der Waals surface area contributed by atoms with Crippen LogP contribution in [0.15, 0.2) is 65.1 Å². The Balaban J connectivity index is 1.54. The Morgan fingerprint density at radius 2 is 1.77 bits per heavy atom.